The van der Waals surface area contributed by atoms with Crippen LogP contribution in [0, 0.1) is 11.3 Å². The Morgan fingerprint density at radius 2 is 2.18 bits per heavy atom. The Bertz CT molecular complexity index is 553. The van der Waals surface area contributed by atoms with Crippen molar-refractivity contribution in [2.24, 2.45) is 0 Å². The monoisotopic (exact) mass is 226 g/mol. The van der Waals surface area contributed by atoms with Crippen molar-refractivity contribution < 1.29 is 4.79 Å². The number of para-hydroxylation sites is 1. The number of benzene rings is 1. The molecule has 0 saturated carbocycles. The quantitative estimate of drug-likeness (QED) is 0.859. The number of nitrogens with one attached hydrogen (secondary N) is 1. The maximum absolute atomic E-state index is 11.7. The molecule has 0 aliphatic carbocycles. The van der Waals surface area contributed by atoms with Gasteiger partial charge in [-0.3, -0.25) is 4.79 Å². The lowest BCUT2D eigenvalue weighted by Crippen LogP contribution is -2.19. The SMILES string of the molecule is N#Cc1nccn1CC(=O)Nc1ccccc1. The molecule has 1 heterocycles. The summed E-state index contributed by atoms with van der Waals surface area (Å²) >= 11 is 0. The van der Waals surface area contributed by atoms with Crippen LogP contribution in [0.3, 0.4) is 0 Å². The smallest absolute Gasteiger partial charge is 0.244 e. The van der Waals surface area contributed by atoms with Crippen molar-refractivity contribution >= 4 is 11.6 Å². The van der Waals surface area contributed by atoms with E-state index in [1.165, 1.54) is 10.8 Å². The molecule has 0 fully saturated rings. The van der Waals surface area contributed by atoms with Crippen LogP contribution in [0.5, 0.6) is 0 Å². The Hall–Kier alpha value is -2.61. The predicted octanol–water partition coefficient (Wildman–Crippen LogP) is 1.39. The van der Waals surface area contributed by atoms with Crippen LogP contribution in [0.2, 0.25) is 0 Å². The highest BCUT2D eigenvalue weighted by molar-refractivity contribution is 5.90. The molecule has 2 aromatic rings. The second kappa shape index (κ2) is 4.94. The second-order valence-corrected chi connectivity index (χ2v) is 3.40. The number of anilines is 1. The molecular formula is C12H10N4O. The highest BCUT2D eigenvalue weighted by Gasteiger charge is 2.06. The zero-order valence-electron chi connectivity index (χ0n) is 9.00. The van der Waals surface area contributed by atoms with Crippen molar-refractivity contribution in [1.29, 1.82) is 5.26 Å². The molecule has 1 aromatic heterocycles. The summed E-state index contributed by atoms with van der Waals surface area (Å²) in [6, 6.07) is 11.1. The van der Waals surface area contributed by atoms with Gasteiger partial charge in [0.25, 0.3) is 0 Å². The van der Waals surface area contributed by atoms with Gasteiger partial charge in [0, 0.05) is 18.1 Å². The number of hydrogen-bond acceptors (Lipinski definition) is 3. The lowest BCUT2D eigenvalue weighted by Gasteiger charge is -2.05. The summed E-state index contributed by atoms with van der Waals surface area (Å²) < 4.78 is 1.50. The molecule has 0 unspecified atom stereocenters. The van der Waals surface area contributed by atoms with E-state index >= 15 is 0 Å². The van der Waals surface area contributed by atoms with E-state index in [0.29, 0.717) is 0 Å². The zero-order chi connectivity index (χ0) is 12.1. The van der Waals surface area contributed by atoms with E-state index in [9.17, 15) is 4.79 Å². The van der Waals surface area contributed by atoms with Gasteiger partial charge in [-0.15, -0.1) is 0 Å². The van der Waals surface area contributed by atoms with Crippen LogP contribution >= 0.6 is 0 Å². The molecule has 1 amide bonds. The highest BCUT2D eigenvalue weighted by atomic mass is 16.1. The molecule has 0 aliphatic rings. The molecule has 0 aliphatic heterocycles. The molecule has 0 bridgehead atoms. The maximum Gasteiger partial charge on any atom is 0.244 e. The minimum atomic E-state index is -0.189. The summed E-state index contributed by atoms with van der Waals surface area (Å²) in [5.41, 5.74) is 0.733. The van der Waals surface area contributed by atoms with E-state index in [1.54, 1.807) is 18.3 Å². The molecule has 5 heteroatoms. The van der Waals surface area contributed by atoms with Crippen molar-refractivity contribution in [3.63, 3.8) is 0 Å². The van der Waals surface area contributed by atoms with Crippen LogP contribution < -0.4 is 5.32 Å². The molecule has 0 spiro atoms. The number of imidazole rings is 1. The number of carbonyl (C=O) groups is 1. The van der Waals surface area contributed by atoms with Gasteiger partial charge in [-0.1, -0.05) is 18.2 Å². The topological polar surface area (TPSA) is 70.7 Å². The van der Waals surface area contributed by atoms with Gasteiger partial charge < -0.3 is 9.88 Å². The highest BCUT2D eigenvalue weighted by Crippen LogP contribution is 2.05. The Kier molecular flexibility index (Phi) is 3.17. The van der Waals surface area contributed by atoms with Gasteiger partial charge in [0.05, 0.1) is 0 Å². The molecule has 17 heavy (non-hydrogen) atoms. The van der Waals surface area contributed by atoms with Crippen molar-refractivity contribution in [2.45, 2.75) is 6.54 Å². The third-order valence-electron chi connectivity index (χ3n) is 2.19. The Morgan fingerprint density at radius 1 is 1.41 bits per heavy atom. The van der Waals surface area contributed by atoms with Crippen LogP contribution in [-0.4, -0.2) is 15.5 Å². The first kappa shape index (κ1) is 10.9. The normalized spacial score (nSPS) is 9.59. The van der Waals surface area contributed by atoms with Crippen molar-refractivity contribution in [3.8, 4) is 6.07 Å². The third-order valence-corrected chi connectivity index (χ3v) is 2.19. The standard InChI is InChI=1S/C12H10N4O/c13-8-11-14-6-7-16(11)9-12(17)15-10-4-2-1-3-5-10/h1-7H,9H2,(H,15,17). The molecule has 84 valence electrons. The van der Waals surface area contributed by atoms with E-state index in [4.69, 9.17) is 5.26 Å². The largest absolute Gasteiger partial charge is 0.325 e. The number of rotatable bonds is 3. The van der Waals surface area contributed by atoms with Gasteiger partial charge in [0.15, 0.2) is 0 Å². The molecule has 1 aromatic carbocycles. The summed E-state index contributed by atoms with van der Waals surface area (Å²) in [6.45, 7) is 0.0811. The molecule has 0 radical (unpaired) electrons. The number of amides is 1. The van der Waals surface area contributed by atoms with Crippen molar-refractivity contribution in [2.75, 3.05) is 5.32 Å². The van der Waals surface area contributed by atoms with Crippen molar-refractivity contribution in [1.82, 2.24) is 9.55 Å². The predicted molar refractivity (Wildman–Crippen MR) is 62.0 cm³/mol. The van der Waals surface area contributed by atoms with E-state index in [0.717, 1.165) is 5.69 Å². The van der Waals surface area contributed by atoms with E-state index in [-0.39, 0.29) is 18.3 Å². The molecule has 0 saturated heterocycles. The van der Waals surface area contributed by atoms with Crippen LogP contribution in [0.25, 0.3) is 0 Å². The number of hydrogen-bond donors (Lipinski definition) is 1. The number of aromatic nitrogens is 2. The Morgan fingerprint density at radius 3 is 2.88 bits per heavy atom. The minimum Gasteiger partial charge on any atom is -0.325 e. The van der Waals surface area contributed by atoms with E-state index in [1.807, 2.05) is 24.3 Å². The summed E-state index contributed by atoms with van der Waals surface area (Å²) in [4.78, 5) is 15.5. The summed E-state index contributed by atoms with van der Waals surface area (Å²) in [6.07, 6.45) is 3.09. The number of nitriles is 1. The third kappa shape index (κ3) is 2.69. The summed E-state index contributed by atoms with van der Waals surface area (Å²) in [7, 11) is 0. The van der Waals surface area contributed by atoms with E-state index in [2.05, 4.69) is 10.3 Å². The fourth-order valence-electron chi connectivity index (χ4n) is 1.43. The average molecular weight is 226 g/mol. The van der Waals surface area contributed by atoms with Crippen LogP contribution in [0.1, 0.15) is 5.82 Å². The maximum atomic E-state index is 11.7. The second-order valence-electron chi connectivity index (χ2n) is 3.40. The molecule has 1 N–H and O–H groups in total. The average Bonchev–Trinajstić information content (AvgIpc) is 2.77. The summed E-state index contributed by atoms with van der Waals surface area (Å²) in [5, 5.41) is 11.5. The Labute approximate surface area is 98.3 Å². The molecule has 0 atom stereocenters. The van der Waals surface area contributed by atoms with Crippen LogP contribution in [-0.2, 0) is 11.3 Å². The lowest BCUT2D eigenvalue weighted by atomic mass is 10.3. The first-order valence-electron chi connectivity index (χ1n) is 5.06. The minimum absolute atomic E-state index is 0.0811. The summed E-state index contributed by atoms with van der Waals surface area (Å²) in [5.74, 6) is 0.0407. The van der Waals surface area contributed by atoms with Crippen molar-refractivity contribution in [3.05, 3.63) is 48.5 Å². The molecule has 2 rings (SSSR count). The first-order valence-corrected chi connectivity index (χ1v) is 5.06. The van der Waals surface area contributed by atoms with Gasteiger partial charge in [0.1, 0.15) is 12.6 Å². The lowest BCUT2D eigenvalue weighted by molar-refractivity contribution is -0.116. The fraction of sp³-hybridized carbons (Fsp3) is 0.0833. The van der Waals surface area contributed by atoms with E-state index < -0.39 is 0 Å². The molecular weight excluding hydrogens is 216 g/mol. The first-order chi connectivity index (χ1) is 8.29. The number of carbonyl (C=O) groups excluding carboxylic acids is 1. The van der Waals surface area contributed by atoms with Gasteiger partial charge in [-0.2, -0.15) is 5.26 Å². The van der Waals surface area contributed by atoms with Crippen LogP contribution in [0.15, 0.2) is 42.7 Å². The fourth-order valence-corrected chi connectivity index (χ4v) is 1.43. The van der Waals surface area contributed by atoms with Crippen LogP contribution in [0.4, 0.5) is 5.69 Å². The van der Waals surface area contributed by atoms with Gasteiger partial charge in [-0.05, 0) is 12.1 Å². The van der Waals surface area contributed by atoms with Gasteiger partial charge in [-0.25, -0.2) is 4.98 Å². The van der Waals surface area contributed by atoms with Gasteiger partial charge in [0.2, 0.25) is 11.7 Å². The Balaban J connectivity index is 2.01. The van der Waals surface area contributed by atoms with Gasteiger partial charge >= 0.3 is 0 Å². The zero-order valence-corrected chi connectivity index (χ0v) is 9.00. The number of nitrogens with zero attached hydrogens (tertiary/aromatic N) is 3. The molecule has 5 nitrogen and oxygen atoms in total.